The molecular weight excluding hydrogens is 414 g/mol. The summed E-state index contributed by atoms with van der Waals surface area (Å²) < 4.78 is 16.7. The summed E-state index contributed by atoms with van der Waals surface area (Å²) in [4.78, 5) is 27.9. The smallest absolute Gasteiger partial charge is 0.340 e. The quantitative estimate of drug-likeness (QED) is 0.368. The summed E-state index contributed by atoms with van der Waals surface area (Å²) in [6.45, 7) is 5.22. The Bertz CT molecular complexity index is 933. The first kappa shape index (κ1) is 22.2. The third-order valence-electron chi connectivity index (χ3n) is 5.63. The number of anilines is 1. The average molecular weight is 441 g/mol. The van der Waals surface area contributed by atoms with Crippen molar-refractivity contribution in [2.45, 2.75) is 12.6 Å². The Morgan fingerprint density at radius 3 is 2.62 bits per heavy atom. The van der Waals surface area contributed by atoms with E-state index in [-0.39, 0.29) is 24.0 Å². The summed E-state index contributed by atoms with van der Waals surface area (Å²) in [6.07, 6.45) is -0.248. The standard InChI is InChI=1S/C23H27N3O6/c27-23(21-14-19(26(28)29)6-7-22(21)25-9-11-30-12-10-25)32-17-20-16-24(8-13-31-20)15-18-4-2-1-3-5-18/h1-7,14,20H,8-13,15-17H2/t20-/m0/s1. The van der Waals surface area contributed by atoms with Crippen LogP contribution in [0.3, 0.4) is 0 Å². The largest absolute Gasteiger partial charge is 0.459 e. The molecule has 170 valence electrons. The van der Waals surface area contributed by atoms with E-state index < -0.39 is 10.9 Å². The lowest BCUT2D eigenvalue weighted by Crippen LogP contribution is -2.44. The monoisotopic (exact) mass is 441 g/mol. The molecule has 0 unspecified atom stereocenters. The van der Waals surface area contributed by atoms with E-state index in [1.54, 1.807) is 6.07 Å². The number of carbonyl (C=O) groups is 1. The Kier molecular flexibility index (Phi) is 7.31. The van der Waals surface area contributed by atoms with Crippen molar-refractivity contribution in [1.29, 1.82) is 0 Å². The molecule has 0 saturated carbocycles. The van der Waals surface area contributed by atoms with E-state index in [1.165, 1.54) is 17.7 Å². The maximum absolute atomic E-state index is 12.9. The number of esters is 1. The van der Waals surface area contributed by atoms with Crippen molar-refractivity contribution in [3.63, 3.8) is 0 Å². The van der Waals surface area contributed by atoms with E-state index >= 15 is 0 Å². The highest BCUT2D eigenvalue weighted by atomic mass is 16.6. The number of morpholine rings is 2. The average Bonchev–Trinajstić information content (AvgIpc) is 2.83. The normalized spacial score (nSPS) is 19.5. The van der Waals surface area contributed by atoms with Gasteiger partial charge in [0.2, 0.25) is 0 Å². The number of rotatable bonds is 7. The van der Waals surface area contributed by atoms with Crippen LogP contribution in [0.15, 0.2) is 48.5 Å². The van der Waals surface area contributed by atoms with Crippen molar-refractivity contribution in [1.82, 2.24) is 4.90 Å². The fourth-order valence-corrected chi connectivity index (χ4v) is 3.99. The molecule has 2 aliphatic heterocycles. The molecule has 2 aromatic rings. The molecule has 0 aromatic heterocycles. The topological polar surface area (TPSA) is 94.4 Å². The van der Waals surface area contributed by atoms with Gasteiger partial charge in [-0.3, -0.25) is 15.0 Å². The maximum atomic E-state index is 12.9. The third kappa shape index (κ3) is 5.61. The Hall–Kier alpha value is -3.01. The van der Waals surface area contributed by atoms with Crippen molar-refractivity contribution in [3.05, 3.63) is 69.8 Å². The lowest BCUT2D eigenvalue weighted by atomic mass is 10.1. The van der Waals surface area contributed by atoms with Crippen LogP contribution in [-0.2, 0) is 20.8 Å². The molecule has 0 bridgehead atoms. The van der Waals surface area contributed by atoms with E-state index in [0.29, 0.717) is 45.1 Å². The number of ether oxygens (including phenoxy) is 3. The van der Waals surface area contributed by atoms with Crippen LogP contribution in [0.4, 0.5) is 11.4 Å². The zero-order valence-corrected chi connectivity index (χ0v) is 17.9. The summed E-state index contributed by atoms with van der Waals surface area (Å²) in [5, 5.41) is 11.2. The van der Waals surface area contributed by atoms with Gasteiger partial charge >= 0.3 is 5.97 Å². The predicted molar refractivity (Wildman–Crippen MR) is 118 cm³/mol. The lowest BCUT2D eigenvalue weighted by molar-refractivity contribution is -0.384. The highest BCUT2D eigenvalue weighted by Crippen LogP contribution is 2.27. The Labute approximate surface area is 186 Å². The molecule has 2 saturated heterocycles. The van der Waals surface area contributed by atoms with Crippen LogP contribution in [0.1, 0.15) is 15.9 Å². The first-order valence-corrected chi connectivity index (χ1v) is 10.8. The molecule has 1 atom stereocenters. The van der Waals surface area contributed by atoms with Gasteiger partial charge in [0.25, 0.3) is 5.69 Å². The number of carbonyl (C=O) groups excluding carboxylic acids is 1. The molecule has 4 rings (SSSR count). The van der Waals surface area contributed by atoms with E-state index in [4.69, 9.17) is 14.2 Å². The lowest BCUT2D eigenvalue weighted by Gasteiger charge is -2.33. The van der Waals surface area contributed by atoms with Gasteiger partial charge in [-0.15, -0.1) is 0 Å². The minimum Gasteiger partial charge on any atom is -0.459 e. The molecule has 2 aromatic carbocycles. The summed E-state index contributed by atoms with van der Waals surface area (Å²) in [5.41, 5.74) is 1.89. The second-order valence-electron chi connectivity index (χ2n) is 7.87. The second kappa shape index (κ2) is 10.5. The number of hydrogen-bond acceptors (Lipinski definition) is 8. The predicted octanol–water partition coefficient (Wildman–Crippen LogP) is 2.49. The number of hydrogen-bond donors (Lipinski definition) is 0. The highest BCUT2D eigenvalue weighted by Gasteiger charge is 2.26. The second-order valence-corrected chi connectivity index (χ2v) is 7.87. The molecule has 2 fully saturated rings. The van der Waals surface area contributed by atoms with Crippen molar-refractivity contribution in [2.75, 3.05) is 57.5 Å². The molecule has 9 heteroatoms. The summed E-state index contributed by atoms with van der Waals surface area (Å²) >= 11 is 0. The first-order valence-electron chi connectivity index (χ1n) is 10.8. The SMILES string of the molecule is O=C(OC[C@@H]1CN(Cc2ccccc2)CCO1)c1cc([N+](=O)[O-])ccc1N1CCOCC1. The number of nitro benzene ring substituents is 1. The van der Waals surface area contributed by atoms with Crippen LogP contribution in [-0.4, -0.2) is 74.5 Å². The zero-order chi connectivity index (χ0) is 22.3. The van der Waals surface area contributed by atoms with Gasteiger partial charge in [-0.25, -0.2) is 4.79 Å². The van der Waals surface area contributed by atoms with Crippen molar-refractivity contribution < 1.29 is 23.9 Å². The van der Waals surface area contributed by atoms with E-state index in [1.807, 2.05) is 23.1 Å². The number of non-ortho nitro benzene ring substituents is 1. The molecular formula is C23H27N3O6. The maximum Gasteiger partial charge on any atom is 0.340 e. The molecule has 32 heavy (non-hydrogen) atoms. The van der Waals surface area contributed by atoms with Crippen LogP contribution < -0.4 is 4.90 Å². The van der Waals surface area contributed by atoms with Gasteiger partial charge in [0.1, 0.15) is 12.7 Å². The van der Waals surface area contributed by atoms with Gasteiger partial charge in [0, 0.05) is 44.9 Å². The van der Waals surface area contributed by atoms with Crippen LogP contribution >= 0.6 is 0 Å². The Morgan fingerprint density at radius 1 is 1.09 bits per heavy atom. The molecule has 0 aliphatic carbocycles. The molecule has 0 spiro atoms. The van der Waals surface area contributed by atoms with Gasteiger partial charge in [-0.1, -0.05) is 30.3 Å². The van der Waals surface area contributed by atoms with Crippen molar-refractivity contribution in [2.24, 2.45) is 0 Å². The van der Waals surface area contributed by atoms with Gasteiger partial charge < -0.3 is 19.1 Å². The van der Waals surface area contributed by atoms with Crippen molar-refractivity contribution >= 4 is 17.3 Å². The van der Waals surface area contributed by atoms with Crippen molar-refractivity contribution in [3.8, 4) is 0 Å². The number of nitrogens with zero attached hydrogens (tertiary/aromatic N) is 3. The van der Waals surface area contributed by atoms with Gasteiger partial charge in [-0.2, -0.15) is 0 Å². The minimum atomic E-state index is -0.584. The molecule has 9 nitrogen and oxygen atoms in total. The van der Waals surface area contributed by atoms with E-state index in [2.05, 4.69) is 17.0 Å². The fraction of sp³-hybridized carbons (Fsp3) is 0.435. The number of benzene rings is 2. The molecule has 2 aliphatic rings. The molecule has 0 radical (unpaired) electrons. The third-order valence-corrected chi connectivity index (χ3v) is 5.63. The van der Waals surface area contributed by atoms with E-state index in [9.17, 15) is 14.9 Å². The highest BCUT2D eigenvalue weighted by molar-refractivity contribution is 5.96. The van der Waals surface area contributed by atoms with Crippen LogP contribution in [0.2, 0.25) is 0 Å². The van der Waals surface area contributed by atoms with Gasteiger partial charge in [0.15, 0.2) is 0 Å². The van der Waals surface area contributed by atoms with Gasteiger partial charge in [-0.05, 0) is 11.6 Å². The van der Waals surface area contributed by atoms with Crippen LogP contribution in [0.25, 0.3) is 0 Å². The molecule has 2 heterocycles. The van der Waals surface area contributed by atoms with Gasteiger partial charge in [0.05, 0.1) is 36.0 Å². The first-order chi connectivity index (χ1) is 15.6. The fourth-order valence-electron chi connectivity index (χ4n) is 3.99. The van der Waals surface area contributed by atoms with Crippen LogP contribution in [0, 0.1) is 10.1 Å². The summed E-state index contributed by atoms with van der Waals surface area (Å²) in [5.74, 6) is -0.584. The Balaban J connectivity index is 1.40. The Morgan fingerprint density at radius 2 is 1.88 bits per heavy atom. The molecule has 0 N–H and O–H groups in total. The van der Waals surface area contributed by atoms with Crippen LogP contribution in [0.5, 0.6) is 0 Å². The summed E-state index contributed by atoms with van der Waals surface area (Å²) in [7, 11) is 0. The number of nitro groups is 1. The zero-order valence-electron chi connectivity index (χ0n) is 17.9. The summed E-state index contributed by atoms with van der Waals surface area (Å²) in [6, 6.07) is 14.5. The minimum absolute atomic E-state index is 0.0926. The van der Waals surface area contributed by atoms with E-state index in [0.717, 1.165) is 13.1 Å². The molecule has 0 amide bonds.